The molecule has 1 aromatic carbocycles. The van der Waals surface area contributed by atoms with E-state index in [0.717, 1.165) is 0 Å². The van der Waals surface area contributed by atoms with Gasteiger partial charge >= 0.3 is 17.6 Å². The molecule has 0 unspecified atom stereocenters. The minimum atomic E-state index is -0.624. The molecule has 0 atom stereocenters. The van der Waals surface area contributed by atoms with Crippen LogP contribution in [0.15, 0.2) is 45.5 Å². The summed E-state index contributed by atoms with van der Waals surface area (Å²) in [4.78, 5) is 38.0. The van der Waals surface area contributed by atoms with Gasteiger partial charge in [-0.1, -0.05) is 17.3 Å². The number of nitrogens with zero attached hydrogens (tertiary/aromatic N) is 5. The average Bonchev–Trinajstić information content (AvgIpc) is 3.35. The molecule has 0 saturated carbocycles. The van der Waals surface area contributed by atoms with E-state index >= 15 is 0 Å². The van der Waals surface area contributed by atoms with Crippen LogP contribution in [0.25, 0.3) is 0 Å². The van der Waals surface area contributed by atoms with Gasteiger partial charge in [-0.05, 0) is 33.0 Å². The van der Waals surface area contributed by atoms with Gasteiger partial charge in [0.1, 0.15) is 6.54 Å². The second-order valence-electron chi connectivity index (χ2n) is 5.64. The van der Waals surface area contributed by atoms with E-state index in [-0.39, 0.29) is 43.1 Å². The Morgan fingerprint density at radius 2 is 1.90 bits per heavy atom. The lowest BCUT2D eigenvalue weighted by Crippen LogP contribution is -2.35. The highest BCUT2D eigenvalue weighted by atomic mass is 79.9. The standard InChI is InChI=1S/C16H14BrN7O5/c17-11-4-2-1-3-10(11)14(25)18-6-7-19-15(26)16-20-12(22-29-16)9-23-8-5-13(21-23)24(27)28/h1-5,8H,6-7,9H2,(H,18,25)(H,19,26). The van der Waals surface area contributed by atoms with Gasteiger partial charge in [0.05, 0.1) is 22.9 Å². The van der Waals surface area contributed by atoms with E-state index in [1.165, 1.54) is 16.9 Å². The number of carbonyl (C=O) groups excluding carboxylic acids is 2. The lowest BCUT2D eigenvalue weighted by atomic mass is 10.2. The van der Waals surface area contributed by atoms with Crippen molar-refractivity contribution < 1.29 is 19.0 Å². The predicted molar refractivity (Wildman–Crippen MR) is 101 cm³/mol. The fourth-order valence-corrected chi connectivity index (χ4v) is 2.72. The molecule has 0 saturated heterocycles. The SMILES string of the molecule is O=C(NCCNC(=O)c1ccccc1Br)c1nc(Cn2ccc([N+](=O)[O-])n2)no1. The Morgan fingerprint density at radius 1 is 1.17 bits per heavy atom. The molecule has 3 aromatic rings. The number of rotatable bonds is 8. The quantitative estimate of drug-likeness (QED) is 0.285. The molecule has 29 heavy (non-hydrogen) atoms. The average molecular weight is 464 g/mol. The van der Waals surface area contributed by atoms with Gasteiger partial charge in [-0.3, -0.25) is 9.59 Å². The van der Waals surface area contributed by atoms with Crippen LogP contribution in [-0.4, -0.2) is 49.7 Å². The van der Waals surface area contributed by atoms with E-state index in [1.807, 2.05) is 0 Å². The van der Waals surface area contributed by atoms with Crippen molar-refractivity contribution in [2.75, 3.05) is 13.1 Å². The van der Waals surface area contributed by atoms with E-state index in [1.54, 1.807) is 24.3 Å². The van der Waals surface area contributed by atoms with Crippen molar-refractivity contribution in [1.82, 2.24) is 30.6 Å². The van der Waals surface area contributed by atoms with E-state index in [0.29, 0.717) is 10.0 Å². The van der Waals surface area contributed by atoms with Crippen LogP contribution in [0, 0.1) is 10.1 Å². The van der Waals surface area contributed by atoms with Crippen molar-refractivity contribution in [3.63, 3.8) is 0 Å². The van der Waals surface area contributed by atoms with E-state index < -0.39 is 10.8 Å². The third-order valence-electron chi connectivity index (χ3n) is 3.59. The first kappa shape index (κ1) is 20.1. The normalized spacial score (nSPS) is 10.5. The van der Waals surface area contributed by atoms with E-state index in [9.17, 15) is 19.7 Å². The maximum absolute atomic E-state index is 12.1. The number of benzene rings is 1. The zero-order valence-electron chi connectivity index (χ0n) is 14.7. The highest BCUT2D eigenvalue weighted by Gasteiger charge is 2.17. The van der Waals surface area contributed by atoms with Crippen molar-refractivity contribution in [1.29, 1.82) is 0 Å². The van der Waals surface area contributed by atoms with Crippen LogP contribution in [0.3, 0.4) is 0 Å². The summed E-state index contributed by atoms with van der Waals surface area (Å²) in [5, 5.41) is 23.2. The first-order chi connectivity index (χ1) is 13.9. The summed E-state index contributed by atoms with van der Waals surface area (Å²) in [6.45, 7) is 0.356. The molecule has 0 aliphatic carbocycles. The molecule has 2 N–H and O–H groups in total. The van der Waals surface area contributed by atoms with E-state index in [4.69, 9.17) is 4.52 Å². The van der Waals surface area contributed by atoms with Gasteiger partial charge in [-0.25, -0.2) is 0 Å². The number of carbonyl (C=O) groups is 2. The van der Waals surface area contributed by atoms with Crippen LogP contribution in [0.4, 0.5) is 5.82 Å². The molecule has 13 heteroatoms. The Balaban J connectivity index is 1.46. The number of halogens is 1. The summed E-state index contributed by atoms with van der Waals surface area (Å²) in [6.07, 6.45) is 1.39. The van der Waals surface area contributed by atoms with Crippen molar-refractivity contribution in [2.24, 2.45) is 0 Å². The van der Waals surface area contributed by atoms with Crippen LogP contribution in [-0.2, 0) is 6.54 Å². The monoisotopic (exact) mass is 463 g/mol. The van der Waals surface area contributed by atoms with Gasteiger partial charge in [0, 0.05) is 17.6 Å². The summed E-state index contributed by atoms with van der Waals surface area (Å²) in [5.41, 5.74) is 0.485. The number of hydrogen-bond acceptors (Lipinski definition) is 8. The summed E-state index contributed by atoms with van der Waals surface area (Å²) >= 11 is 3.30. The summed E-state index contributed by atoms with van der Waals surface area (Å²) in [6, 6.07) is 8.21. The van der Waals surface area contributed by atoms with Crippen LogP contribution < -0.4 is 10.6 Å². The van der Waals surface area contributed by atoms with Gasteiger partial charge in [-0.15, -0.1) is 0 Å². The summed E-state index contributed by atoms with van der Waals surface area (Å²) < 4.78 is 6.80. The lowest BCUT2D eigenvalue weighted by molar-refractivity contribution is -0.389. The van der Waals surface area contributed by atoms with Gasteiger partial charge < -0.3 is 25.3 Å². The number of amides is 2. The van der Waals surface area contributed by atoms with Crippen LogP contribution in [0.5, 0.6) is 0 Å². The van der Waals surface area contributed by atoms with Gasteiger partial charge in [0.25, 0.3) is 5.91 Å². The lowest BCUT2D eigenvalue weighted by Gasteiger charge is -2.07. The van der Waals surface area contributed by atoms with Crippen molar-refractivity contribution in [2.45, 2.75) is 6.54 Å². The van der Waals surface area contributed by atoms with Crippen molar-refractivity contribution in [3.05, 3.63) is 68.4 Å². The molecule has 2 heterocycles. The minimum absolute atomic E-state index is 0.00658. The molecule has 150 valence electrons. The largest absolute Gasteiger partial charge is 0.389 e. The second-order valence-corrected chi connectivity index (χ2v) is 6.49. The molecular weight excluding hydrogens is 450 g/mol. The maximum atomic E-state index is 12.1. The molecule has 0 fully saturated rings. The predicted octanol–water partition coefficient (Wildman–Crippen LogP) is 1.14. The van der Waals surface area contributed by atoms with Crippen LogP contribution in [0.2, 0.25) is 0 Å². The van der Waals surface area contributed by atoms with Crippen molar-refractivity contribution in [3.8, 4) is 0 Å². The van der Waals surface area contributed by atoms with Crippen molar-refractivity contribution >= 4 is 33.6 Å². The second kappa shape index (κ2) is 9.05. The molecule has 0 bridgehead atoms. The molecular formula is C16H14BrN7O5. The Hall–Kier alpha value is -3.61. The Labute approximate surface area is 171 Å². The number of aromatic nitrogens is 4. The van der Waals surface area contributed by atoms with Crippen LogP contribution in [0.1, 0.15) is 26.9 Å². The summed E-state index contributed by atoms with van der Waals surface area (Å²) in [7, 11) is 0. The smallest absolute Gasteiger partial charge is 0.358 e. The number of hydrogen-bond donors (Lipinski definition) is 2. The van der Waals surface area contributed by atoms with Crippen LogP contribution >= 0.6 is 15.9 Å². The van der Waals surface area contributed by atoms with E-state index in [2.05, 4.69) is 41.8 Å². The number of nitrogens with one attached hydrogen (secondary N) is 2. The Kier molecular flexibility index (Phi) is 6.29. The summed E-state index contributed by atoms with van der Waals surface area (Å²) in [5.74, 6) is -1.32. The molecule has 0 aliphatic rings. The van der Waals surface area contributed by atoms with Gasteiger partial charge in [0.2, 0.25) is 0 Å². The highest BCUT2D eigenvalue weighted by molar-refractivity contribution is 9.10. The zero-order valence-corrected chi connectivity index (χ0v) is 16.3. The topological polar surface area (TPSA) is 158 Å². The Bertz CT molecular complexity index is 1050. The molecule has 3 rings (SSSR count). The highest BCUT2D eigenvalue weighted by Crippen LogP contribution is 2.15. The Morgan fingerprint density at radius 3 is 2.59 bits per heavy atom. The molecule has 2 aromatic heterocycles. The van der Waals surface area contributed by atoms with Gasteiger partial charge in [0.15, 0.2) is 5.82 Å². The first-order valence-electron chi connectivity index (χ1n) is 8.25. The fourth-order valence-electron chi connectivity index (χ4n) is 2.26. The zero-order chi connectivity index (χ0) is 20.8. The molecule has 2 amide bonds. The third kappa shape index (κ3) is 5.22. The third-order valence-corrected chi connectivity index (χ3v) is 4.29. The van der Waals surface area contributed by atoms with Gasteiger partial charge in [-0.2, -0.15) is 9.67 Å². The molecule has 0 aliphatic heterocycles. The molecule has 0 radical (unpaired) electrons. The fraction of sp³-hybridized carbons (Fsp3) is 0.188. The molecule has 0 spiro atoms. The first-order valence-corrected chi connectivity index (χ1v) is 9.04. The number of nitro groups is 1. The minimum Gasteiger partial charge on any atom is -0.358 e. The maximum Gasteiger partial charge on any atom is 0.389 e. The molecule has 12 nitrogen and oxygen atoms in total.